The van der Waals surface area contributed by atoms with Gasteiger partial charge in [-0.2, -0.15) is 0 Å². The highest BCUT2D eigenvalue weighted by Gasteiger charge is 2.20. The third-order valence-corrected chi connectivity index (χ3v) is 2.61. The molecular weight excluding hydrogens is 148 g/mol. The van der Waals surface area contributed by atoms with E-state index in [-0.39, 0.29) is 0 Å². The molecule has 0 aliphatic carbocycles. The van der Waals surface area contributed by atoms with E-state index < -0.39 is 0 Å². The summed E-state index contributed by atoms with van der Waals surface area (Å²) in [5.74, 6) is 0.794. The van der Waals surface area contributed by atoms with Crippen LogP contribution < -0.4 is 5.32 Å². The van der Waals surface area contributed by atoms with Gasteiger partial charge in [-0.05, 0) is 45.3 Å². The van der Waals surface area contributed by atoms with Crippen molar-refractivity contribution in [2.75, 3.05) is 20.1 Å². The lowest BCUT2D eigenvalue weighted by Gasteiger charge is -2.28. The van der Waals surface area contributed by atoms with Crippen LogP contribution in [0, 0.1) is 5.92 Å². The quantitative estimate of drug-likeness (QED) is 0.690. The first-order valence-corrected chi connectivity index (χ1v) is 5.15. The second-order valence-electron chi connectivity index (χ2n) is 4.18. The maximum Gasteiger partial charge on any atom is 0.0597 e. The van der Waals surface area contributed by atoms with Crippen molar-refractivity contribution >= 4 is 0 Å². The van der Waals surface area contributed by atoms with E-state index in [1.165, 1.54) is 32.4 Å². The van der Waals surface area contributed by atoms with Crippen molar-refractivity contribution in [2.45, 2.75) is 39.3 Å². The van der Waals surface area contributed by atoms with Crippen LogP contribution in [0.25, 0.3) is 0 Å². The Hall–Kier alpha value is -0.0800. The second kappa shape index (κ2) is 4.83. The van der Waals surface area contributed by atoms with Gasteiger partial charge < -0.3 is 5.32 Å². The molecule has 0 radical (unpaired) electrons. The highest BCUT2D eigenvalue weighted by Crippen LogP contribution is 2.15. The van der Waals surface area contributed by atoms with Crippen LogP contribution in [0.3, 0.4) is 0 Å². The van der Waals surface area contributed by atoms with Crippen LogP contribution in [-0.2, 0) is 0 Å². The lowest BCUT2D eigenvalue weighted by molar-refractivity contribution is 0.186. The van der Waals surface area contributed by atoms with E-state index in [1.807, 2.05) is 0 Å². The van der Waals surface area contributed by atoms with Crippen molar-refractivity contribution in [3.8, 4) is 0 Å². The molecule has 1 rings (SSSR count). The van der Waals surface area contributed by atoms with E-state index in [1.54, 1.807) is 0 Å². The highest BCUT2D eigenvalue weighted by molar-refractivity contribution is 4.74. The molecule has 0 aromatic heterocycles. The SMILES string of the molecule is CNC(CC(C)C)N1CCCC1. The van der Waals surface area contributed by atoms with Crippen molar-refractivity contribution in [2.24, 2.45) is 5.92 Å². The minimum atomic E-state index is 0.618. The third kappa shape index (κ3) is 2.76. The molecule has 2 heteroatoms. The number of hydrogen-bond acceptors (Lipinski definition) is 2. The summed E-state index contributed by atoms with van der Waals surface area (Å²) in [6, 6.07) is 0. The van der Waals surface area contributed by atoms with E-state index in [0.29, 0.717) is 6.17 Å². The van der Waals surface area contributed by atoms with E-state index in [0.717, 1.165) is 5.92 Å². The van der Waals surface area contributed by atoms with Gasteiger partial charge in [-0.1, -0.05) is 13.8 Å². The van der Waals surface area contributed by atoms with Crippen LogP contribution in [0.15, 0.2) is 0 Å². The van der Waals surface area contributed by atoms with Crippen molar-refractivity contribution in [3.63, 3.8) is 0 Å². The number of hydrogen-bond donors (Lipinski definition) is 1. The van der Waals surface area contributed by atoms with Gasteiger partial charge in [0.05, 0.1) is 6.17 Å². The molecule has 0 aromatic rings. The molecule has 12 heavy (non-hydrogen) atoms. The number of nitrogens with zero attached hydrogens (tertiary/aromatic N) is 1. The molecule has 0 amide bonds. The molecule has 1 unspecified atom stereocenters. The minimum Gasteiger partial charge on any atom is -0.305 e. The molecule has 0 bridgehead atoms. The van der Waals surface area contributed by atoms with E-state index in [9.17, 15) is 0 Å². The smallest absolute Gasteiger partial charge is 0.0597 e. The summed E-state index contributed by atoms with van der Waals surface area (Å²) in [6.45, 7) is 7.16. The standard InChI is InChI=1S/C10H22N2/c1-9(2)8-10(11-3)12-6-4-5-7-12/h9-11H,4-8H2,1-3H3. The van der Waals surface area contributed by atoms with Crippen LogP contribution in [0.4, 0.5) is 0 Å². The Morgan fingerprint density at radius 2 is 1.83 bits per heavy atom. The zero-order valence-corrected chi connectivity index (χ0v) is 8.64. The second-order valence-corrected chi connectivity index (χ2v) is 4.18. The highest BCUT2D eigenvalue weighted by atomic mass is 15.3. The maximum absolute atomic E-state index is 3.40. The number of likely N-dealkylation sites (tertiary alicyclic amines) is 1. The predicted octanol–water partition coefficient (Wildman–Crippen LogP) is 1.67. The van der Waals surface area contributed by atoms with Crippen molar-refractivity contribution in [1.82, 2.24) is 10.2 Å². The Morgan fingerprint density at radius 1 is 1.25 bits per heavy atom. The molecule has 0 saturated carbocycles. The van der Waals surface area contributed by atoms with Crippen molar-refractivity contribution in [3.05, 3.63) is 0 Å². The molecule has 0 spiro atoms. The molecule has 1 aliphatic rings. The van der Waals surface area contributed by atoms with E-state index >= 15 is 0 Å². The fourth-order valence-corrected chi connectivity index (χ4v) is 1.95. The Kier molecular flexibility index (Phi) is 4.02. The fraction of sp³-hybridized carbons (Fsp3) is 1.00. The zero-order valence-electron chi connectivity index (χ0n) is 8.64. The maximum atomic E-state index is 3.40. The van der Waals surface area contributed by atoms with Crippen LogP contribution in [0.2, 0.25) is 0 Å². The molecule has 2 nitrogen and oxygen atoms in total. The zero-order chi connectivity index (χ0) is 8.97. The molecular formula is C10H22N2. The van der Waals surface area contributed by atoms with Gasteiger partial charge in [0.25, 0.3) is 0 Å². The summed E-state index contributed by atoms with van der Waals surface area (Å²) < 4.78 is 0. The molecule has 0 aromatic carbocycles. The summed E-state index contributed by atoms with van der Waals surface area (Å²) in [5, 5.41) is 3.40. The van der Waals surface area contributed by atoms with Crippen LogP contribution in [0.1, 0.15) is 33.1 Å². The van der Waals surface area contributed by atoms with Gasteiger partial charge in [-0.25, -0.2) is 0 Å². The summed E-state index contributed by atoms with van der Waals surface area (Å²) in [7, 11) is 2.07. The summed E-state index contributed by atoms with van der Waals surface area (Å²) in [4.78, 5) is 2.57. The average Bonchev–Trinajstić information content (AvgIpc) is 2.51. The summed E-state index contributed by atoms with van der Waals surface area (Å²) >= 11 is 0. The monoisotopic (exact) mass is 170 g/mol. The molecule has 1 atom stereocenters. The topological polar surface area (TPSA) is 15.3 Å². The van der Waals surface area contributed by atoms with E-state index in [2.05, 4.69) is 31.1 Å². The van der Waals surface area contributed by atoms with Crippen molar-refractivity contribution in [1.29, 1.82) is 0 Å². The molecule has 1 aliphatic heterocycles. The van der Waals surface area contributed by atoms with Gasteiger partial charge in [0.2, 0.25) is 0 Å². The van der Waals surface area contributed by atoms with Gasteiger partial charge in [0, 0.05) is 0 Å². The first-order valence-electron chi connectivity index (χ1n) is 5.15. The molecule has 1 heterocycles. The first kappa shape index (κ1) is 10.0. The number of nitrogens with one attached hydrogen (secondary N) is 1. The van der Waals surface area contributed by atoms with Gasteiger partial charge in [0.1, 0.15) is 0 Å². The fourth-order valence-electron chi connectivity index (χ4n) is 1.95. The van der Waals surface area contributed by atoms with Gasteiger partial charge in [-0.3, -0.25) is 4.90 Å². The van der Waals surface area contributed by atoms with Crippen LogP contribution in [-0.4, -0.2) is 31.2 Å². The van der Waals surface area contributed by atoms with Gasteiger partial charge in [0.15, 0.2) is 0 Å². The van der Waals surface area contributed by atoms with E-state index in [4.69, 9.17) is 0 Å². The predicted molar refractivity (Wildman–Crippen MR) is 53.1 cm³/mol. The largest absolute Gasteiger partial charge is 0.305 e. The van der Waals surface area contributed by atoms with Gasteiger partial charge in [-0.15, -0.1) is 0 Å². The Balaban J connectivity index is 2.32. The molecule has 1 saturated heterocycles. The lowest BCUT2D eigenvalue weighted by Crippen LogP contribution is -2.43. The minimum absolute atomic E-state index is 0.618. The summed E-state index contributed by atoms with van der Waals surface area (Å²) in [6.07, 6.45) is 4.66. The lowest BCUT2D eigenvalue weighted by atomic mass is 10.1. The normalized spacial score (nSPS) is 22.0. The Bertz CT molecular complexity index is 117. The summed E-state index contributed by atoms with van der Waals surface area (Å²) in [5.41, 5.74) is 0. The molecule has 1 fully saturated rings. The third-order valence-electron chi connectivity index (χ3n) is 2.61. The molecule has 72 valence electrons. The first-order chi connectivity index (χ1) is 5.74. The number of rotatable bonds is 4. The Labute approximate surface area is 76.3 Å². The van der Waals surface area contributed by atoms with Crippen LogP contribution >= 0.6 is 0 Å². The average molecular weight is 170 g/mol. The van der Waals surface area contributed by atoms with Crippen molar-refractivity contribution < 1.29 is 0 Å². The Morgan fingerprint density at radius 3 is 2.25 bits per heavy atom. The van der Waals surface area contributed by atoms with Gasteiger partial charge >= 0.3 is 0 Å². The molecule has 1 N–H and O–H groups in total. The van der Waals surface area contributed by atoms with Crippen LogP contribution in [0.5, 0.6) is 0 Å².